The molecule has 0 bridgehead atoms. The molecule has 2 rings (SSSR count). The number of carbonyl (C=O) groups is 1. The van der Waals surface area contributed by atoms with Gasteiger partial charge in [-0.3, -0.25) is 9.78 Å². The topological polar surface area (TPSA) is 91.5 Å². The van der Waals surface area contributed by atoms with Crippen LogP contribution in [0.25, 0.3) is 0 Å². The van der Waals surface area contributed by atoms with Crippen molar-refractivity contribution in [2.45, 2.75) is 12.1 Å². The van der Waals surface area contributed by atoms with Gasteiger partial charge in [0.2, 0.25) is 5.91 Å². The van der Waals surface area contributed by atoms with E-state index in [1.807, 2.05) is 0 Å². The molecule has 4 N–H and O–H groups in total. The van der Waals surface area contributed by atoms with Crippen LogP contribution in [0.4, 0.5) is 0 Å². The molecule has 1 amide bonds. The normalized spacial score (nSPS) is 19.3. The largest absolute Gasteiger partial charge is 0.386 e. The van der Waals surface area contributed by atoms with Crippen LogP contribution in [0, 0.1) is 0 Å². The first-order valence-electron chi connectivity index (χ1n) is 6.03. The van der Waals surface area contributed by atoms with E-state index in [4.69, 9.17) is 5.73 Å². The van der Waals surface area contributed by atoms with E-state index in [0.717, 1.165) is 13.1 Å². The number of pyridine rings is 1. The molecule has 1 aromatic heterocycles. The predicted octanol–water partition coefficient (Wildman–Crippen LogP) is -1.13. The van der Waals surface area contributed by atoms with Gasteiger partial charge in [-0.15, -0.1) is 0 Å². The number of aliphatic hydroxyl groups excluding tert-OH is 1. The number of rotatable bonds is 3. The summed E-state index contributed by atoms with van der Waals surface area (Å²) in [6.07, 6.45) is 2.15. The summed E-state index contributed by atoms with van der Waals surface area (Å²) in [4.78, 5) is 17.7. The number of hydrogen-bond acceptors (Lipinski definition) is 5. The van der Waals surface area contributed by atoms with Gasteiger partial charge in [0.05, 0.1) is 0 Å². The summed E-state index contributed by atoms with van der Waals surface area (Å²) < 4.78 is 0. The maximum atomic E-state index is 12.1. The van der Waals surface area contributed by atoms with Gasteiger partial charge in [-0.1, -0.05) is 0 Å². The zero-order chi connectivity index (χ0) is 13.0. The first-order chi connectivity index (χ1) is 8.70. The molecular formula is C12H18N4O2. The zero-order valence-corrected chi connectivity index (χ0v) is 10.1. The summed E-state index contributed by atoms with van der Waals surface area (Å²) in [6, 6.07) is 2.40. The molecule has 1 saturated heterocycles. The Bertz CT molecular complexity index is 392. The van der Waals surface area contributed by atoms with Crippen LogP contribution in [0.2, 0.25) is 0 Å². The molecule has 1 fully saturated rings. The summed E-state index contributed by atoms with van der Waals surface area (Å²) in [5, 5.41) is 13.2. The fourth-order valence-corrected chi connectivity index (χ4v) is 2.00. The van der Waals surface area contributed by atoms with E-state index in [-0.39, 0.29) is 5.91 Å². The minimum Gasteiger partial charge on any atom is -0.386 e. The van der Waals surface area contributed by atoms with E-state index in [1.54, 1.807) is 29.4 Å². The molecule has 1 aliphatic heterocycles. The smallest absolute Gasteiger partial charge is 0.242 e. The molecule has 0 saturated carbocycles. The van der Waals surface area contributed by atoms with Crippen molar-refractivity contribution in [2.75, 3.05) is 26.2 Å². The number of nitrogens with two attached hydrogens (primary N) is 1. The highest BCUT2D eigenvalue weighted by Crippen LogP contribution is 2.16. The Morgan fingerprint density at radius 3 is 2.61 bits per heavy atom. The van der Waals surface area contributed by atoms with Crippen molar-refractivity contribution in [1.29, 1.82) is 0 Å². The molecule has 0 unspecified atom stereocenters. The van der Waals surface area contributed by atoms with Crippen molar-refractivity contribution >= 4 is 5.91 Å². The van der Waals surface area contributed by atoms with Crippen molar-refractivity contribution in [3.63, 3.8) is 0 Å². The lowest BCUT2D eigenvalue weighted by atomic mass is 10.0. The molecule has 6 heteroatoms. The quantitative estimate of drug-likeness (QED) is 0.631. The second-order valence-corrected chi connectivity index (χ2v) is 4.33. The molecule has 0 spiro atoms. The molecule has 1 aromatic rings. The van der Waals surface area contributed by atoms with Crippen LogP contribution in [-0.2, 0) is 4.79 Å². The maximum Gasteiger partial charge on any atom is 0.242 e. The van der Waals surface area contributed by atoms with Gasteiger partial charge in [0.25, 0.3) is 0 Å². The van der Waals surface area contributed by atoms with Gasteiger partial charge in [0, 0.05) is 38.6 Å². The number of nitrogens with zero attached hydrogens (tertiary/aromatic N) is 2. The van der Waals surface area contributed by atoms with Crippen LogP contribution < -0.4 is 11.1 Å². The van der Waals surface area contributed by atoms with E-state index >= 15 is 0 Å². The molecule has 0 aromatic carbocycles. The van der Waals surface area contributed by atoms with Crippen molar-refractivity contribution in [3.8, 4) is 0 Å². The standard InChI is InChI=1S/C12H18N4O2/c13-10(11(17)9-1-3-14-4-2-9)12(18)16-7-5-15-6-8-16/h1-4,10-11,15,17H,5-8,13H2/t10-,11+/m1/s1. The Morgan fingerprint density at radius 2 is 2.00 bits per heavy atom. The van der Waals surface area contributed by atoms with Crippen LogP contribution in [0.15, 0.2) is 24.5 Å². The lowest BCUT2D eigenvalue weighted by molar-refractivity contribution is -0.135. The number of amides is 1. The summed E-state index contributed by atoms with van der Waals surface area (Å²) in [5.41, 5.74) is 6.45. The number of hydrogen-bond donors (Lipinski definition) is 3. The molecule has 18 heavy (non-hydrogen) atoms. The molecule has 6 nitrogen and oxygen atoms in total. The van der Waals surface area contributed by atoms with Gasteiger partial charge < -0.3 is 21.1 Å². The monoisotopic (exact) mass is 250 g/mol. The average molecular weight is 250 g/mol. The molecule has 1 aliphatic rings. The Morgan fingerprint density at radius 1 is 1.39 bits per heavy atom. The van der Waals surface area contributed by atoms with Crippen molar-refractivity contribution < 1.29 is 9.90 Å². The number of aromatic nitrogens is 1. The van der Waals surface area contributed by atoms with Gasteiger partial charge in [0.1, 0.15) is 12.1 Å². The number of carbonyl (C=O) groups excluding carboxylic acids is 1. The molecule has 0 radical (unpaired) electrons. The van der Waals surface area contributed by atoms with Crippen molar-refractivity contribution in [1.82, 2.24) is 15.2 Å². The lowest BCUT2D eigenvalue weighted by Crippen LogP contribution is -2.53. The third-order valence-corrected chi connectivity index (χ3v) is 3.10. The first kappa shape index (κ1) is 12.9. The Labute approximate surface area is 106 Å². The fraction of sp³-hybridized carbons (Fsp3) is 0.500. The Balaban J connectivity index is 2.01. The maximum absolute atomic E-state index is 12.1. The average Bonchev–Trinajstić information content (AvgIpc) is 2.47. The van der Waals surface area contributed by atoms with Gasteiger partial charge >= 0.3 is 0 Å². The third-order valence-electron chi connectivity index (χ3n) is 3.10. The lowest BCUT2D eigenvalue weighted by Gasteiger charge is -2.31. The summed E-state index contributed by atoms with van der Waals surface area (Å²) in [6.45, 7) is 2.80. The molecule has 0 aliphatic carbocycles. The van der Waals surface area contributed by atoms with E-state index in [2.05, 4.69) is 10.3 Å². The van der Waals surface area contributed by atoms with Crippen LogP contribution in [0.1, 0.15) is 11.7 Å². The summed E-state index contributed by atoms with van der Waals surface area (Å²) in [5.74, 6) is -0.208. The van der Waals surface area contributed by atoms with E-state index in [0.29, 0.717) is 18.7 Å². The van der Waals surface area contributed by atoms with Gasteiger partial charge in [-0.2, -0.15) is 0 Å². The third kappa shape index (κ3) is 2.84. The predicted molar refractivity (Wildman–Crippen MR) is 66.6 cm³/mol. The number of piperazine rings is 1. The van der Waals surface area contributed by atoms with E-state index < -0.39 is 12.1 Å². The van der Waals surface area contributed by atoms with Crippen LogP contribution >= 0.6 is 0 Å². The van der Waals surface area contributed by atoms with Crippen LogP contribution in [0.3, 0.4) is 0 Å². The second-order valence-electron chi connectivity index (χ2n) is 4.33. The second kappa shape index (κ2) is 5.90. The minimum atomic E-state index is -0.990. The van der Waals surface area contributed by atoms with Gasteiger partial charge in [-0.25, -0.2) is 0 Å². The number of aliphatic hydroxyl groups is 1. The van der Waals surface area contributed by atoms with Crippen LogP contribution in [-0.4, -0.2) is 53.1 Å². The first-order valence-corrected chi connectivity index (χ1v) is 6.03. The highest BCUT2D eigenvalue weighted by molar-refractivity contribution is 5.82. The molecular weight excluding hydrogens is 232 g/mol. The number of nitrogens with one attached hydrogen (secondary N) is 1. The Kier molecular flexibility index (Phi) is 4.24. The van der Waals surface area contributed by atoms with Crippen LogP contribution in [0.5, 0.6) is 0 Å². The van der Waals surface area contributed by atoms with Gasteiger partial charge in [0.15, 0.2) is 0 Å². The highest BCUT2D eigenvalue weighted by atomic mass is 16.3. The van der Waals surface area contributed by atoms with E-state index in [9.17, 15) is 9.90 Å². The summed E-state index contributed by atoms with van der Waals surface area (Å²) in [7, 11) is 0. The molecule has 2 atom stereocenters. The Hall–Kier alpha value is -1.50. The zero-order valence-electron chi connectivity index (χ0n) is 10.1. The molecule has 2 heterocycles. The minimum absolute atomic E-state index is 0.208. The van der Waals surface area contributed by atoms with E-state index in [1.165, 1.54) is 0 Å². The summed E-state index contributed by atoms with van der Waals surface area (Å²) >= 11 is 0. The molecule has 98 valence electrons. The van der Waals surface area contributed by atoms with Crippen molar-refractivity contribution in [3.05, 3.63) is 30.1 Å². The fourth-order valence-electron chi connectivity index (χ4n) is 2.00. The van der Waals surface area contributed by atoms with Gasteiger partial charge in [-0.05, 0) is 17.7 Å². The highest BCUT2D eigenvalue weighted by Gasteiger charge is 2.28. The SMILES string of the molecule is N[C@@H](C(=O)N1CCNCC1)[C@@H](O)c1ccncc1. The van der Waals surface area contributed by atoms with Crippen molar-refractivity contribution in [2.24, 2.45) is 5.73 Å².